The number of carbonyl (C=O) groups excluding carboxylic acids is 2. The molecule has 4 rings (SSSR count). The lowest BCUT2D eigenvalue weighted by Crippen LogP contribution is -2.30. The van der Waals surface area contributed by atoms with E-state index in [1.165, 1.54) is 12.1 Å². The molecular formula is C22H17N3O5. The van der Waals surface area contributed by atoms with Gasteiger partial charge in [0.05, 0.1) is 17.0 Å². The maximum Gasteiger partial charge on any atom is 0.329 e. The molecular weight excluding hydrogens is 386 g/mol. The number of nitro groups is 1. The normalized spacial score (nSPS) is 15.0. The summed E-state index contributed by atoms with van der Waals surface area (Å²) in [4.78, 5) is 36.8. The van der Waals surface area contributed by atoms with E-state index in [1.807, 2.05) is 31.2 Å². The van der Waals surface area contributed by atoms with E-state index < -0.39 is 16.9 Å². The molecule has 0 bridgehead atoms. The summed E-state index contributed by atoms with van der Waals surface area (Å²) in [5.74, 6) is 0.122. The average molecular weight is 403 g/mol. The smallest absolute Gasteiger partial charge is 0.329 e. The first-order valence-corrected chi connectivity index (χ1v) is 9.16. The summed E-state index contributed by atoms with van der Waals surface area (Å²) in [7, 11) is 0. The summed E-state index contributed by atoms with van der Waals surface area (Å²) < 4.78 is 5.67. The highest BCUT2D eigenvalue weighted by atomic mass is 16.6. The molecule has 3 amide bonds. The number of amides is 3. The zero-order valence-corrected chi connectivity index (χ0v) is 16.0. The zero-order chi connectivity index (χ0) is 21.3. The van der Waals surface area contributed by atoms with Crippen molar-refractivity contribution in [3.05, 3.63) is 93.4 Å². The van der Waals surface area contributed by atoms with Gasteiger partial charge in [-0.25, -0.2) is 4.79 Å². The van der Waals surface area contributed by atoms with Crippen molar-refractivity contribution >= 4 is 23.7 Å². The van der Waals surface area contributed by atoms with Gasteiger partial charge in [0, 0.05) is 12.1 Å². The number of imide groups is 1. The van der Waals surface area contributed by atoms with Crippen LogP contribution in [-0.2, 0) is 11.3 Å². The second-order valence-corrected chi connectivity index (χ2v) is 6.84. The van der Waals surface area contributed by atoms with Crippen molar-refractivity contribution in [2.45, 2.75) is 13.5 Å². The van der Waals surface area contributed by atoms with E-state index in [0.29, 0.717) is 17.1 Å². The number of nitro benzene ring substituents is 1. The Morgan fingerprint density at radius 3 is 2.67 bits per heavy atom. The summed E-state index contributed by atoms with van der Waals surface area (Å²) in [6, 6.07) is 16.4. The Morgan fingerprint density at radius 2 is 1.90 bits per heavy atom. The highest BCUT2D eigenvalue weighted by Crippen LogP contribution is 2.31. The zero-order valence-electron chi connectivity index (χ0n) is 16.0. The third-order valence-corrected chi connectivity index (χ3v) is 4.67. The third-order valence-electron chi connectivity index (χ3n) is 4.67. The van der Waals surface area contributed by atoms with E-state index in [4.69, 9.17) is 4.42 Å². The fourth-order valence-corrected chi connectivity index (χ4v) is 3.27. The lowest BCUT2D eigenvalue weighted by molar-refractivity contribution is -0.384. The minimum atomic E-state index is -0.516. The lowest BCUT2D eigenvalue weighted by Gasteiger charge is -2.12. The largest absolute Gasteiger partial charge is 0.456 e. The van der Waals surface area contributed by atoms with E-state index >= 15 is 0 Å². The molecule has 0 spiro atoms. The number of benzene rings is 2. The van der Waals surface area contributed by atoms with Crippen LogP contribution >= 0.6 is 0 Å². The topological polar surface area (TPSA) is 106 Å². The fraction of sp³-hybridized carbons (Fsp3) is 0.0909. The van der Waals surface area contributed by atoms with Gasteiger partial charge < -0.3 is 9.73 Å². The SMILES string of the molecule is Cc1cccc(CN2C(=O)N/C(=C\c3ccc(-c4ccccc4[N+](=O)[O-])o3)C2=O)c1. The Bertz CT molecular complexity index is 1190. The number of hydrogen-bond acceptors (Lipinski definition) is 5. The molecule has 0 unspecified atom stereocenters. The molecule has 0 saturated carbocycles. The van der Waals surface area contributed by atoms with Crippen LogP contribution in [0.15, 0.2) is 70.8 Å². The van der Waals surface area contributed by atoms with Crippen LogP contribution in [0.5, 0.6) is 0 Å². The monoisotopic (exact) mass is 403 g/mol. The number of aryl methyl sites for hydroxylation is 1. The molecule has 1 aliphatic heterocycles. The molecule has 3 aromatic rings. The molecule has 8 nitrogen and oxygen atoms in total. The van der Waals surface area contributed by atoms with Crippen LogP contribution in [0, 0.1) is 17.0 Å². The number of furan rings is 1. The Hall–Kier alpha value is -4.20. The average Bonchev–Trinajstić information content (AvgIpc) is 3.28. The van der Waals surface area contributed by atoms with Crippen molar-refractivity contribution < 1.29 is 18.9 Å². The maximum atomic E-state index is 12.7. The quantitative estimate of drug-likeness (QED) is 0.297. The van der Waals surface area contributed by atoms with E-state index in [0.717, 1.165) is 16.0 Å². The Kier molecular flexibility index (Phi) is 4.89. The van der Waals surface area contributed by atoms with Crippen molar-refractivity contribution in [1.82, 2.24) is 10.2 Å². The van der Waals surface area contributed by atoms with Gasteiger partial charge in [0.15, 0.2) is 0 Å². The first-order chi connectivity index (χ1) is 14.4. The number of para-hydroxylation sites is 1. The number of hydrogen-bond donors (Lipinski definition) is 1. The molecule has 1 fully saturated rings. The predicted octanol–water partition coefficient (Wildman–Crippen LogP) is 4.26. The van der Waals surface area contributed by atoms with Gasteiger partial charge in [0.25, 0.3) is 11.6 Å². The third kappa shape index (κ3) is 3.70. The van der Waals surface area contributed by atoms with E-state index in [1.54, 1.807) is 30.3 Å². The summed E-state index contributed by atoms with van der Waals surface area (Å²) in [6.07, 6.45) is 1.41. The van der Waals surface area contributed by atoms with Crippen LogP contribution in [0.4, 0.5) is 10.5 Å². The van der Waals surface area contributed by atoms with E-state index in [2.05, 4.69) is 5.32 Å². The number of carbonyl (C=O) groups is 2. The minimum Gasteiger partial charge on any atom is -0.456 e. The maximum absolute atomic E-state index is 12.7. The van der Waals surface area contributed by atoms with Crippen molar-refractivity contribution in [1.29, 1.82) is 0 Å². The number of rotatable bonds is 5. The first kappa shape index (κ1) is 19.1. The molecule has 30 heavy (non-hydrogen) atoms. The van der Waals surface area contributed by atoms with Gasteiger partial charge in [-0.3, -0.25) is 19.8 Å². The molecule has 0 radical (unpaired) electrons. The summed E-state index contributed by atoms with van der Waals surface area (Å²) in [6.45, 7) is 2.09. The molecule has 1 aliphatic rings. The summed E-state index contributed by atoms with van der Waals surface area (Å²) in [5.41, 5.74) is 2.21. The fourth-order valence-electron chi connectivity index (χ4n) is 3.27. The molecule has 2 heterocycles. The Labute approximate surface area is 171 Å². The number of nitrogens with zero attached hydrogens (tertiary/aromatic N) is 2. The molecule has 2 aromatic carbocycles. The van der Waals surface area contributed by atoms with Gasteiger partial charge in [-0.2, -0.15) is 0 Å². The van der Waals surface area contributed by atoms with Crippen LogP contribution in [0.25, 0.3) is 17.4 Å². The summed E-state index contributed by atoms with van der Waals surface area (Å²) in [5, 5.41) is 13.8. The van der Waals surface area contributed by atoms with Crippen molar-refractivity contribution in [2.75, 3.05) is 0 Å². The highest BCUT2D eigenvalue weighted by molar-refractivity contribution is 6.13. The van der Waals surface area contributed by atoms with E-state index in [9.17, 15) is 19.7 Å². The molecule has 1 aromatic heterocycles. The Balaban J connectivity index is 1.57. The minimum absolute atomic E-state index is 0.0797. The second-order valence-electron chi connectivity index (χ2n) is 6.84. The highest BCUT2D eigenvalue weighted by Gasteiger charge is 2.33. The lowest BCUT2D eigenvalue weighted by atomic mass is 10.1. The first-order valence-electron chi connectivity index (χ1n) is 9.16. The van der Waals surface area contributed by atoms with Gasteiger partial charge in [-0.1, -0.05) is 42.0 Å². The standard InChI is InChI=1S/C22H17N3O5/c1-14-5-4-6-15(11-14)13-24-21(26)18(23-22(24)27)12-16-9-10-20(30-16)17-7-2-3-8-19(17)25(28)29/h2-12H,13H2,1H3,(H,23,27)/b18-12-. The van der Waals surface area contributed by atoms with Gasteiger partial charge in [-0.05, 0) is 30.7 Å². The van der Waals surface area contributed by atoms with Crippen LogP contribution < -0.4 is 5.32 Å². The molecule has 150 valence electrons. The molecule has 0 atom stereocenters. The summed E-state index contributed by atoms with van der Waals surface area (Å²) >= 11 is 0. The molecule has 8 heteroatoms. The number of urea groups is 1. The van der Waals surface area contributed by atoms with Gasteiger partial charge in [0.2, 0.25) is 0 Å². The molecule has 0 aliphatic carbocycles. The van der Waals surface area contributed by atoms with Crippen LogP contribution in [-0.4, -0.2) is 21.8 Å². The van der Waals surface area contributed by atoms with Gasteiger partial charge in [-0.15, -0.1) is 0 Å². The molecule has 1 N–H and O–H groups in total. The van der Waals surface area contributed by atoms with Crippen molar-refractivity contribution in [3.63, 3.8) is 0 Å². The van der Waals surface area contributed by atoms with Gasteiger partial charge >= 0.3 is 6.03 Å². The van der Waals surface area contributed by atoms with Crippen LogP contribution in [0.1, 0.15) is 16.9 Å². The van der Waals surface area contributed by atoms with Gasteiger partial charge in [0.1, 0.15) is 17.2 Å². The van der Waals surface area contributed by atoms with Crippen LogP contribution in [0.2, 0.25) is 0 Å². The van der Waals surface area contributed by atoms with Crippen molar-refractivity contribution in [2.24, 2.45) is 0 Å². The molecule has 1 saturated heterocycles. The van der Waals surface area contributed by atoms with Crippen molar-refractivity contribution in [3.8, 4) is 11.3 Å². The van der Waals surface area contributed by atoms with Crippen LogP contribution in [0.3, 0.4) is 0 Å². The predicted molar refractivity (Wildman–Crippen MR) is 109 cm³/mol. The van der Waals surface area contributed by atoms with E-state index in [-0.39, 0.29) is 17.9 Å². The number of nitrogens with one attached hydrogen (secondary N) is 1. The second kappa shape index (κ2) is 7.67. The Morgan fingerprint density at radius 1 is 1.10 bits per heavy atom.